The molecule has 3 amide bonds. The van der Waals surface area contributed by atoms with Gasteiger partial charge in [-0.25, -0.2) is 9.59 Å². The van der Waals surface area contributed by atoms with Crippen LogP contribution in [-0.2, 0) is 17.4 Å². The van der Waals surface area contributed by atoms with E-state index in [2.05, 4.69) is 43.1 Å². The van der Waals surface area contributed by atoms with E-state index in [-0.39, 0.29) is 34.1 Å². The Kier molecular flexibility index (Phi) is 10.1. The first-order chi connectivity index (χ1) is 22.9. The van der Waals surface area contributed by atoms with E-state index in [0.717, 1.165) is 43.0 Å². The standard InChI is InChI=1S/C33H42BrF3N8O3/c1-41-10-6-22(7-11-41)42-14-16-43(17-15-42)30(46)27(20-21-18-24(33(35,36)37)29(38)25(34)19-21)40-31(47)44-12-8-23(9-13-44)45-28-5-3-2-4-26(28)39-32(45)48/h2-5,18-19,22-23,27H,6-17,20,38H2,1H3,(H,39,48)(H,40,47)/t27-/m1/s1. The van der Waals surface area contributed by atoms with Crippen molar-refractivity contribution in [3.8, 4) is 0 Å². The number of piperazine rings is 1. The van der Waals surface area contributed by atoms with Crippen LogP contribution in [0.1, 0.15) is 42.9 Å². The average molecular weight is 736 g/mol. The number of hydrogen-bond donors (Lipinski definition) is 3. The molecule has 2 aromatic carbocycles. The van der Waals surface area contributed by atoms with Gasteiger partial charge in [0.25, 0.3) is 0 Å². The fourth-order valence-electron chi connectivity index (χ4n) is 7.35. The number of aromatic nitrogens is 2. The number of para-hydroxylation sites is 2. The van der Waals surface area contributed by atoms with Gasteiger partial charge < -0.3 is 30.7 Å². The van der Waals surface area contributed by atoms with E-state index in [0.29, 0.717) is 58.2 Å². The molecule has 4 N–H and O–H groups in total. The molecular weight excluding hydrogens is 693 g/mol. The summed E-state index contributed by atoms with van der Waals surface area (Å²) in [5.41, 5.74) is 5.90. The molecule has 3 fully saturated rings. The van der Waals surface area contributed by atoms with Gasteiger partial charge >= 0.3 is 17.9 Å². The van der Waals surface area contributed by atoms with Gasteiger partial charge in [-0.15, -0.1) is 0 Å². The summed E-state index contributed by atoms with van der Waals surface area (Å²) < 4.78 is 43.3. The number of aromatic amines is 1. The highest BCUT2D eigenvalue weighted by molar-refractivity contribution is 9.10. The first-order valence-electron chi connectivity index (χ1n) is 16.5. The van der Waals surface area contributed by atoms with E-state index < -0.39 is 29.5 Å². The van der Waals surface area contributed by atoms with Gasteiger partial charge in [-0.3, -0.25) is 14.3 Å². The number of alkyl halides is 3. The molecule has 3 saturated heterocycles. The molecule has 0 radical (unpaired) electrons. The van der Waals surface area contributed by atoms with Crippen molar-refractivity contribution in [2.75, 3.05) is 65.1 Å². The van der Waals surface area contributed by atoms with E-state index >= 15 is 0 Å². The zero-order valence-electron chi connectivity index (χ0n) is 26.9. The van der Waals surface area contributed by atoms with Crippen molar-refractivity contribution in [1.82, 2.24) is 34.5 Å². The monoisotopic (exact) mass is 734 g/mol. The molecule has 0 bridgehead atoms. The molecule has 6 rings (SSSR count). The minimum Gasteiger partial charge on any atom is -0.397 e. The second-order valence-electron chi connectivity index (χ2n) is 13.2. The number of likely N-dealkylation sites (tertiary alicyclic amines) is 2. The fourth-order valence-corrected chi connectivity index (χ4v) is 7.86. The average Bonchev–Trinajstić information content (AvgIpc) is 3.41. The van der Waals surface area contributed by atoms with Crippen LogP contribution in [0.3, 0.4) is 0 Å². The molecule has 3 aromatic rings. The molecule has 4 heterocycles. The number of nitrogen functional groups attached to an aromatic ring is 1. The zero-order chi connectivity index (χ0) is 34.2. The number of nitrogens with two attached hydrogens (primary N) is 1. The Labute approximate surface area is 285 Å². The first kappa shape index (κ1) is 34.3. The molecule has 0 aliphatic carbocycles. The molecule has 260 valence electrons. The lowest BCUT2D eigenvalue weighted by Crippen LogP contribution is -2.59. The van der Waals surface area contributed by atoms with E-state index in [4.69, 9.17) is 5.73 Å². The van der Waals surface area contributed by atoms with Crippen molar-refractivity contribution in [3.63, 3.8) is 0 Å². The van der Waals surface area contributed by atoms with Crippen LogP contribution < -0.4 is 16.7 Å². The number of amides is 3. The van der Waals surface area contributed by atoms with Crippen molar-refractivity contribution in [1.29, 1.82) is 0 Å². The zero-order valence-corrected chi connectivity index (χ0v) is 28.5. The maximum atomic E-state index is 14.0. The number of fused-ring (bicyclic) bond motifs is 1. The molecule has 3 aliphatic heterocycles. The highest BCUT2D eigenvalue weighted by Crippen LogP contribution is 2.38. The second kappa shape index (κ2) is 14.1. The number of hydrogen-bond acceptors (Lipinski definition) is 6. The van der Waals surface area contributed by atoms with Crippen LogP contribution in [-0.4, -0.2) is 113 Å². The van der Waals surface area contributed by atoms with Crippen molar-refractivity contribution in [2.45, 2.75) is 56.4 Å². The van der Waals surface area contributed by atoms with Gasteiger partial charge in [0, 0.05) is 62.2 Å². The van der Waals surface area contributed by atoms with E-state index in [1.807, 2.05) is 24.3 Å². The summed E-state index contributed by atoms with van der Waals surface area (Å²) in [5.74, 6) is -0.326. The van der Waals surface area contributed by atoms with Crippen LogP contribution in [0, 0.1) is 0 Å². The number of carbonyl (C=O) groups is 2. The minimum absolute atomic E-state index is 0.0752. The maximum Gasteiger partial charge on any atom is 0.418 e. The third kappa shape index (κ3) is 7.37. The number of anilines is 1. The number of piperidine rings is 2. The second-order valence-corrected chi connectivity index (χ2v) is 14.0. The summed E-state index contributed by atoms with van der Waals surface area (Å²) in [7, 11) is 2.12. The molecule has 1 atom stereocenters. The Morgan fingerprint density at radius 2 is 1.60 bits per heavy atom. The summed E-state index contributed by atoms with van der Waals surface area (Å²) in [5, 5.41) is 2.87. The van der Waals surface area contributed by atoms with Crippen molar-refractivity contribution >= 4 is 44.6 Å². The summed E-state index contributed by atoms with van der Waals surface area (Å²) in [4.78, 5) is 51.3. The summed E-state index contributed by atoms with van der Waals surface area (Å²) in [6, 6.07) is 8.69. The Morgan fingerprint density at radius 1 is 0.958 bits per heavy atom. The number of urea groups is 1. The highest BCUT2D eigenvalue weighted by atomic mass is 79.9. The lowest BCUT2D eigenvalue weighted by molar-refractivity contribution is -0.137. The molecule has 0 saturated carbocycles. The third-order valence-corrected chi connectivity index (χ3v) is 10.8. The molecular formula is C33H42BrF3N8O3. The predicted molar refractivity (Wildman–Crippen MR) is 181 cm³/mol. The maximum absolute atomic E-state index is 14.0. The highest BCUT2D eigenvalue weighted by Gasteiger charge is 2.37. The topological polar surface area (TPSA) is 123 Å². The Morgan fingerprint density at radius 3 is 2.27 bits per heavy atom. The largest absolute Gasteiger partial charge is 0.418 e. The van der Waals surface area contributed by atoms with Crippen LogP contribution in [0.2, 0.25) is 0 Å². The number of imidazole rings is 1. The van der Waals surface area contributed by atoms with Gasteiger partial charge in [-0.1, -0.05) is 12.1 Å². The summed E-state index contributed by atoms with van der Waals surface area (Å²) in [6.07, 6.45) is -1.61. The molecule has 3 aliphatic rings. The summed E-state index contributed by atoms with van der Waals surface area (Å²) in [6.45, 7) is 5.12. The Balaban J connectivity index is 1.16. The van der Waals surface area contributed by atoms with Crippen molar-refractivity contribution in [3.05, 3.63) is 62.5 Å². The number of rotatable bonds is 6. The lowest BCUT2D eigenvalue weighted by Gasteiger charge is -2.43. The smallest absolute Gasteiger partial charge is 0.397 e. The fraction of sp³-hybridized carbons (Fsp3) is 0.545. The van der Waals surface area contributed by atoms with Gasteiger partial charge in [0.1, 0.15) is 6.04 Å². The van der Waals surface area contributed by atoms with Crippen molar-refractivity contribution in [2.24, 2.45) is 0 Å². The number of benzene rings is 2. The Hall–Kier alpha value is -3.56. The van der Waals surface area contributed by atoms with E-state index in [1.54, 1.807) is 14.4 Å². The molecule has 0 unspecified atom stereocenters. The normalized spacial score (nSPS) is 19.9. The molecule has 15 heteroatoms. The molecule has 11 nitrogen and oxygen atoms in total. The van der Waals surface area contributed by atoms with Crippen molar-refractivity contribution < 1.29 is 22.8 Å². The predicted octanol–water partition coefficient (Wildman–Crippen LogP) is 3.89. The van der Waals surface area contributed by atoms with E-state index in [9.17, 15) is 27.6 Å². The lowest BCUT2D eigenvalue weighted by atomic mass is 10.00. The SMILES string of the molecule is CN1CCC(N2CCN(C(=O)[C@@H](Cc3cc(Br)c(N)c(C(F)(F)F)c3)NC(=O)N3CCC(n4c(=O)[nH]c5ccccc54)CC3)CC2)CC1. The first-order valence-corrected chi connectivity index (χ1v) is 17.3. The van der Waals surface area contributed by atoms with Gasteiger partial charge in [0.15, 0.2) is 0 Å². The van der Waals surface area contributed by atoms with Crippen LogP contribution in [0.15, 0.2) is 45.7 Å². The molecule has 0 spiro atoms. The molecule has 48 heavy (non-hydrogen) atoms. The number of halogens is 4. The number of nitrogens with zero attached hydrogens (tertiary/aromatic N) is 5. The third-order valence-electron chi connectivity index (χ3n) is 10.1. The van der Waals surface area contributed by atoms with Crippen LogP contribution in [0.25, 0.3) is 11.0 Å². The van der Waals surface area contributed by atoms with Crippen LogP contribution in [0.5, 0.6) is 0 Å². The van der Waals surface area contributed by atoms with Gasteiger partial charge in [0.2, 0.25) is 5.91 Å². The quantitative estimate of drug-likeness (QED) is 0.331. The Bertz CT molecular complexity index is 1690. The van der Waals surface area contributed by atoms with E-state index in [1.165, 1.54) is 6.07 Å². The van der Waals surface area contributed by atoms with Crippen LogP contribution in [0.4, 0.5) is 23.7 Å². The van der Waals surface area contributed by atoms with Gasteiger partial charge in [0.05, 0.1) is 22.3 Å². The summed E-state index contributed by atoms with van der Waals surface area (Å²) >= 11 is 3.15. The van der Waals surface area contributed by atoms with Gasteiger partial charge in [-0.2, -0.15) is 13.2 Å². The number of carbonyl (C=O) groups excluding carboxylic acids is 2. The molecule has 1 aromatic heterocycles. The van der Waals surface area contributed by atoms with Crippen LogP contribution >= 0.6 is 15.9 Å². The number of nitrogens with one attached hydrogen (secondary N) is 2. The minimum atomic E-state index is -4.69. The van der Waals surface area contributed by atoms with Gasteiger partial charge in [-0.05, 0) is 91.6 Å². The number of H-pyrrole nitrogens is 1.